The summed E-state index contributed by atoms with van der Waals surface area (Å²) in [4.78, 5) is 87.7. The van der Waals surface area contributed by atoms with Crippen LogP contribution >= 0.6 is 45.3 Å². The molecule has 6 aliphatic heterocycles. The van der Waals surface area contributed by atoms with E-state index < -0.39 is 0 Å². The zero-order valence-electron chi connectivity index (χ0n) is 76.6. The number of rotatable bonds is 26. The minimum absolute atomic E-state index is 0.0220. The number of nitrogens with zero attached hydrogens (tertiary/aromatic N) is 16. The molecule has 6 saturated heterocycles. The second kappa shape index (κ2) is 38.5. The summed E-state index contributed by atoms with van der Waals surface area (Å²) in [7, 11) is 4.34. The standard InChI is InChI=1S/C26H31N7OS.C25H29N7O2S.C25H28N6OS.C24H26N6OS/c1-16-17(10-25(34)28-16)8-18-12-27-33-24(29-20-4-5-20)11-23(30-26(18)33)19-9-22(35-15-19)14-32-7-6-21(13-32)31(2)3;1-14-10-31(11-15(2)34-14)12-20-6-18(13-35-20)22-8-23(28-19-4-5-19)32-24(29-22)17(9-26-32)7-21-16(3)27-25(33)30-21;1-15-16(10-24(32)28-15)8-17-12-27-31-23(29-20-6-7-20)11-22(30-25(17)31)18-9-21(33-14-18)13-26-19-4-2-3-5-19;1-15-16(10-23(31)26-15)8-17-12-25-30-22(27-19-4-5-19)11-21(28-24(17)30)18-9-20(32-14-18)13-29-6-2-3-7-29/h8-9,11-12,15,20-21,29H,1,4-7,10,13-14H2,2-3H3,(H,28,34);6-9,13-15,19,28H,3-5,10-12H2,1-2H3,(H2,27,30,33);8-9,11-12,14,19-20,26,29H,1-7,10,13H2,(H,28,32);8-9,11-12,14,19,27H,1-7,10,13H2,(H,26,31)/b17-8+;21-7-;2*16-8+. The van der Waals surface area contributed by atoms with Crippen molar-refractivity contribution in [3.05, 3.63) is 211 Å². The Labute approximate surface area is 797 Å². The molecule has 35 heteroatoms. The van der Waals surface area contributed by atoms with Gasteiger partial charge in [-0.05, 0) is 190 Å². The number of thiophene rings is 4. The van der Waals surface area contributed by atoms with Crippen LogP contribution in [0.1, 0.15) is 171 Å². The van der Waals surface area contributed by atoms with E-state index in [0.717, 1.165) is 195 Å². The highest BCUT2D eigenvalue weighted by Gasteiger charge is 2.33. The lowest BCUT2D eigenvalue weighted by Crippen LogP contribution is -2.44. The molecule has 5 aliphatic carbocycles. The molecule has 0 spiro atoms. The van der Waals surface area contributed by atoms with Crippen LogP contribution in [0, 0.1) is 0 Å². The molecule has 135 heavy (non-hydrogen) atoms. The third kappa shape index (κ3) is 21.1. The van der Waals surface area contributed by atoms with Crippen LogP contribution in [0.25, 0.3) is 98.5 Å². The van der Waals surface area contributed by atoms with Crippen molar-refractivity contribution in [1.29, 1.82) is 0 Å². The molecule has 10 N–H and O–H groups in total. The molecule has 5 saturated carbocycles. The SMILES string of the molecule is C=C1NC(=O)C/C1=C\c1cnn2c(NC3CC3)cc(-c3csc(CN4CCC(N(C)C)C4)c3)nc12.C=C1NC(=O)C/C1=C\c1cnn2c(NC3CC3)cc(-c3csc(CN4CCCC4)c3)nc12.C=C1NC(=O)C/C1=C\c1cnn2c(NC3CC3)cc(-c3csc(CNC4CCCC4)c3)nc12.C=c1[nH]c(=O)[nH]/c1=C\c1cnn2c(NC3CC3)cc(-c3csc(CN4CC(C)OC(C)C4)c3)nc12. The largest absolute Gasteiger partial charge is 0.373 e. The number of hydrogen-bond donors (Lipinski definition) is 10. The molecule has 0 radical (unpaired) electrons. The second-order valence-electron chi connectivity index (χ2n) is 38.0. The van der Waals surface area contributed by atoms with Crippen LogP contribution < -0.4 is 58.9 Å². The average molecular weight is 1890 g/mol. The lowest BCUT2D eigenvalue weighted by atomic mass is 10.1. The second-order valence-corrected chi connectivity index (χ2v) is 42.0. The fraction of sp³-hybridized carbons (Fsp3) is 0.400. The highest BCUT2D eigenvalue weighted by molar-refractivity contribution is 7.11. The predicted octanol–water partition coefficient (Wildman–Crippen LogP) is 14.0. The lowest BCUT2D eigenvalue weighted by Gasteiger charge is -2.34. The summed E-state index contributed by atoms with van der Waals surface area (Å²) in [5, 5.41) is 54.8. The van der Waals surface area contributed by atoms with E-state index >= 15 is 0 Å². The number of nitrogens with one attached hydrogen (secondary N) is 10. The minimum Gasteiger partial charge on any atom is -0.373 e. The third-order valence-electron chi connectivity index (χ3n) is 26.5. The summed E-state index contributed by atoms with van der Waals surface area (Å²) in [6.45, 7) is 30.5. The van der Waals surface area contributed by atoms with Gasteiger partial charge in [0, 0.05) is 216 Å². The molecule has 0 aromatic carbocycles. The Morgan fingerprint density at radius 1 is 0.422 bits per heavy atom. The fourth-order valence-corrected chi connectivity index (χ4v) is 22.2. The van der Waals surface area contributed by atoms with Crippen LogP contribution in [-0.4, -0.2) is 208 Å². The average Bonchev–Trinajstić information content (AvgIpc) is 1.64. The number of aromatic amines is 2. The minimum atomic E-state index is -0.280. The maximum Gasteiger partial charge on any atom is 0.323 e. The van der Waals surface area contributed by atoms with Gasteiger partial charge in [-0.3, -0.25) is 29.1 Å². The Bertz CT molecular complexity index is 7020. The summed E-state index contributed by atoms with van der Waals surface area (Å²) in [5.74, 6) is 3.73. The van der Waals surface area contributed by atoms with Crippen molar-refractivity contribution < 1.29 is 19.1 Å². The molecular weight excluding hydrogens is 1770 g/mol. The molecule has 11 fully saturated rings. The molecule has 11 aliphatic rings. The van der Waals surface area contributed by atoms with E-state index in [-0.39, 0.29) is 35.6 Å². The monoisotopic (exact) mass is 1890 g/mol. The van der Waals surface area contributed by atoms with Crippen molar-refractivity contribution in [1.82, 2.24) is 109 Å². The van der Waals surface area contributed by atoms with Crippen molar-refractivity contribution in [3.8, 4) is 45.0 Å². The van der Waals surface area contributed by atoms with E-state index in [9.17, 15) is 19.2 Å². The molecule has 0 bridgehead atoms. The maximum absolute atomic E-state index is 11.8. The van der Waals surface area contributed by atoms with Gasteiger partial charge < -0.3 is 62.1 Å². The van der Waals surface area contributed by atoms with E-state index in [1.165, 1.54) is 116 Å². The summed E-state index contributed by atoms with van der Waals surface area (Å²) < 4.78 is 13.3. The quantitative estimate of drug-likeness (QED) is 0.0241. The van der Waals surface area contributed by atoms with Gasteiger partial charge in [-0.15, -0.1) is 45.3 Å². The Balaban J connectivity index is 0.000000108. The molecular formula is C100H114N26O5S4. The van der Waals surface area contributed by atoms with Gasteiger partial charge >= 0.3 is 5.69 Å². The van der Waals surface area contributed by atoms with Crippen molar-refractivity contribution in [2.75, 3.05) is 74.6 Å². The topological polar surface area (TPSA) is 339 Å². The van der Waals surface area contributed by atoms with Gasteiger partial charge in [0.05, 0.1) is 89.7 Å². The number of imidazole rings is 1. The number of likely N-dealkylation sites (tertiary alicyclic amines) is 2. The fourth-order valence-electron chi connectivity index (χ4n) is 18.7. The van der Waals surface area contributed by atoms with E-state index in [0.29, 0.717) is 83.3 Å². The first kappa shape index (κ1) is 89.4. The van der Waals surface area contributed by atoms with Crippen LogP contribution in [0.5, 0.6) is 0 Å². The van der Waals surface area contributed by atoms with Gasteiger partial charge in [0.15, 0.2) is 22.6 Å². The normalized spacial score (nSPS) is 21.2. The molecule has 698 valence electrons. The smallest absolute Gasteiger partial charge is 0.323 e. The Morgan fingerprint density at radius 3 is 1.13 bits per heavy atom. The number of fused-ring (bicyclic) bond motifs is 4. The van der Waals surface area contributed by atoms with Crippen molar-refractivity contribution >= 4 is 140 Å². The predicted molar refractivity (Wildman–Crippen MR) is 537 cm³/mol. The van der Waals surface area contributed by atoms with E-state index in [4.69, 9.17) is 24.7 Å². The summed E-state index contributed by atoms with van der Waals surface area (Å²) >= 11 is 7.16. The Kier molecular flexibility index (Phi) is 25.5. The first-order chi connectivity index (χ1) is 65.6. The number of amides is 3. The van der Waals surface area contributed by atoms with Crippen molar-refractivity contribution in [2.24, 2.45) is 0 Å². The van der Waals surface area contributed by atoms with Crippen LogP contribution in [0.3, 0.4) is 0 Å². The number of hydrogen-bond acceptors (Lipinski definition) is 26. The number of H-pyrrole nitrogens is 2. The molecule has 3 amide bonds. The van der Waals surface area contributed by atoms with Crippen LogP contribution in [-0.2, 0) is 45.3 Å². The molecule has 13 aromatic heterocycles. The van der Waals surface area contributed by atoms with Crippen LogP contribution in [0.2, 0.25) is 0 Å². The Hall–Kier alpha value is -12.2. The third-order valence-corrected chi connectivity index (χ3v) is 30.2. The number of anilines is 4. The Morgan fingerprint density at radius 2 is 0.785 bits per heavy atom. The van der Waals surface area contributed by atoms with Gasteiger partial charge in [0.1, 0.15) is 23.3 Å². The van der Waals surface area contributed by atoms with Gasteiger partial charge in [-0.2, -0.15) is 38.5 Å². The number of allylic oxidation sites excluding steroid dienone is 3. The first-order valence-corrected chi connectivity index (χ1v) is 50.8. The number of carbonyl (C=O) groups excluding carboxylic acids is 3. The number of carbonyl (C=O) groups is 3. The highest BCUT2D eigenvalue weighted by atomic mass is 32.1. The molecule has 24 rings (SSSR count). The van der Waals surface area contributed by atoms with Gasteiger partial charge in [-0.25, -0.2) is 24.7 Å². The van der Waals surface area contributed by atoms with E-state index in [2.05, 4.69) is 217 Å². The van der Waals surface area contributed by atoms with E-state index in [1.807, 2.05) is 72.3 Å². The van der Waals surface area contributed by atoms with Gasteiger partial charge in [0.25, 0.3) is 0 Å². The number of morpholine rings is 1. The highest BCUT2D eigenvalue weighted by Crippen LogP contribution is 2.40. The number of aromatic nitrogens is 14. The summed E-state index contributed by atoms with van der Waals surface area (Å²) in [6.07, 6.45) is 35.1. The van der Waals surface area contributed by atoms with Crippen molar-refractivity contribution in [2.45, 2.75) is 204 Å². The molecule has 13 aromatic rings. The van der Waals surface area contributed by atoms with Gasteiger partial charge in [0.2, 0.25) is 17.7 Å². The maximum atomic E-state index is 11.8. The van der Waals surface area contributed by atoms with Gasteiger partial charge in [-0.1, -0.05) is 39.2 Å². The number of ether oxygens (including phenoxy) is 1. The van der Waals surface area contributed by atoms with Crippen LogP contribution in [0.4, 0.5) is 23.3 Å². The molecule has 31 nitrogen and oxygen atoms in total. The number of likely N-dealkylation sites (N-methyl/N-ethyl adjacent to an activating group) is 1. The molecule has 19 heterocycles. The van der Waals surface area contributed by atoms with Crippen LogP contribution in [0.15, 0.2) is 153 Å². The van der Waals surface area contributed by atoms with E-state index in [1.54, 1.807) is 40.2 Å². The molecule has 3 unspecified atom stereocenters. The van der Waals surface area contributed by atoms with Crippen molar-refractivity contribution in [3.63, 3.8) is 0 Å². The zero-order chi connectivity index (χ0) is 92.2. The molecule has 3 atom stereocenters. The lowest BCUT2D eigenvalue weighted by molar-refractivity contribution is -0.119. The zero-order valence-corrected chi connectivity index (χ0v) is 79.9. The summed E-state index contributed by atoms with van der Waals surface area (Å²) in [6, 6.07) is 20.7. The first-order valence-electron chi connectivity index (χ1n) is 47.3. The summed E-state index contributed by atoms with van der Waals surface area (Å²) in [5.41, 5.74) is 19.2.